The van der Waals surface area contributed by atoms with Crippen molar-refractivity contribution in [1.29, 1.82) is 0 Å². The molecule has 0 bridgehead atoms. The molecule has 0 amide bonds. The molecule has 0 aliphatic rings. The molecule has 0 atom stereocenters. The number of nitrogens with one attached hydrogen (secondary N) is 2. The molecule has 0 aromatic carbocycles. The Bertz CT molecular complexity index is 280. The van der Waals surface area contributed by atoms with Gasteiger partial charge in [0.25, 0.3) is 0 Å². The average Bonchev–Trinajstić information content (AvgIpc) is 1.95. The second kappa shape index (κ2) is 3.03. The Hall–Kier alpha value is -0.550. The fraction of sp³-hybridized carbons (Fsp3) is 0.200. The van der Waals surface area contributed by atoms with Gasteiger partial charge in [-0.1, -0.05) is 12.2 Å². The summed E-state index contributed by atoms with van der Waals surface area (Å²) in [4.78, 5) is 7.48. The van der Waals surface area contributed by atoms with E-state index in [-0.39, 0.29) is 0 Å². The van der Waals surface area contributed by atoms with Crippen molar-refractivity contribution in [2.75, 3.05) is 12.4 Å². The maximum absolute atomic E-state index is 4.90. The van der Waals surface area contributed by atoms with Gasteiger partial charge in [-0.05, 0) is 0 Å². The van der Waals surface area contributed by atoms with E-state index in [2.05, 4.69) is 27.9 Å². The van der Waals surface area contributed by atoms with Crippen LogP contribution in [0.2, 0.25) is 0 Å². The lowest BCUT2D eigenvalue weighted by atomic mass is 10.7. The van der Waals surface area contributed by atoms with E-state index in [1.165, 1.54) is 0 Å². The number of nitrogens with zero attached hydrogens (tertiary/aromatic N) is 1. The molecule has 1 aromatic heterocycles. The summed E-state index contributed by atoms with van der Waals surface area (Å²) in [6.07, 6.45) is 1.60. The van der Waals surface area contributed by atoms with Crippen LogP contribution >= 0.6 is 24.8 Å². The molecule has 0 saturated heterocycles. The molecule has 3 nitrogen and oxygen atoms in total. The zero-order valence-corrected chi connectivity index (χ0v) is 7.09. The maximum Gasteiger partial charge on any atom is 0.200 e. The van der Waals surface area contributed by atoms with Crippen molar-refractivity contribution >= 4 is 30.8 Å². The summed E-state index contributed by atoms with van der Waals surface area (Å²) in [6, 6.07) is 0. The van der Waals surface area contributed by atoms with Gasteiger partial charge in [0.1, 0.15) is 4.64 Å². The third-order valence-electron chi connectivity index (χ3n) is 1.02. The molecule has 0 fully saturated rings. The first kappa shape index (κ1) is 7.56. The fourth-order valence-electron chi connectivity index (χ4n) is 0.515. The number of aromatic amines is 1. The summed E-state index contributed by atoms with van der Waals surface area (Å²) in [6.45, 7) is 0. The van der Waals surface area contributed by atoms with Gasteiger partial charge >= 0.3 is 0 Å². The van der Waals surface area contributed by atoms with E-state index >= 15 is 0 Å². The number of aromatic nitrogens is 2. The van der Waals surface area contributed by atoms with E-state index < -0.39 is 0 Å². The zero-order valence-electron chi connectivity index (χ0n) is 5.38. The molecule has 0 aliphatic carbocycles. The Morgan fingerprint density at radius 2 is 2.50 bits per heavy atom. The second-order valence-electron chi connectivity index (χ2n) is 1.70. The monoisotopic (exact) mass is 173 g/mol. The second-order valence-corrected chi connectivity index (χ2v) is 2.59. The van der Waals surface area contributed by atoms with Gasteiger partial charge in [-0.25, -0.2) is 4.98 Å². The zero-order chi connectivity index (χ0) is 7.56. The smallest absolute Gasteiger partial charge is 0.200 e. The van der Waals surface area contributed by atoms with Crippen LogP contribution in [0, 0.1) is 4.64 Å². The molecule has 5 heteroatoms. The van der Waals surface area contributed by atoms with Crippen LogP contribution in [-0.2, 0) is 0 Å². The lowest BCUT2D eigenvalue weighted by Crippen LogP contribution is -1.95. The largest absolute Gasteiger partial charge is 0.359 e. The molecule has 0 saturated carbocycles. The van der Waals surface area contributed by atoms with Crippen molar-refractivity contribution in [1.82, 2.24) is 9.97 Å². The van der Waals surface area contributed by atoms with E-state index in [0.29, 0.717) is 15.5 Å². The summed E-state index contributed by atoms with van der Waals surface area (Å²) >= 11 is 8.95. The summed E-state index contributed by atoms with van der Waals surface area (Å²) < 4.78 is 0.600. The topological polar surface area (TPSA) is 40.7 Å². The van der Waals surface area contributed by atoms with Gasteiger partial charge in [0, 0.05) is 13.2 Å². The van der Waals surface area contributed by atoms with E-state index in [1.54, 1.807) is 13.2 Å². The Morgan fingerprint density at radius 3 is 3.00 bits per heavy atom. The van der Waals surface area contributed by atoms with Crippen LogP contribution in [-0.4, -0.2) is 17.0 Å². The minimum Gasteiger partial charge on any atom is -0.359 e. The number of hydrogen-bond acceptors (Lipinski definition) is 4. The highest BCUT2D eigenvalue weighted by molar-refractivity contribution is 7.81. The van der Waals surface area contributed by atoms with Crippen LogP contribution in [0.25, 0.3) is 0 Å². The van der Waals surface area contributed by atoms with Gasteiger partial charge in [0.2, 0.25) is 5.95 Å². The lowest BCUT2D eigenvalue weighted by molar-refractivity contribution is 1.08. The van der Waals surface area contributed by atoms with Crippen LogP contribution in [0.15, 0.2) is 11.1 Å². The Kier molecular flexibility index (Phi) is 2.29. The van der Waals surface area contributed by atoms with Crippen molar-refractivity contribution < 1.29 is 0 Å². The van der Waals surface area contributed by atoms with E-state index in [1.807, 2.05) is 0 Å². The third-order valence-corrected chi connectivity index (χ3v) is 1.83. The van der Waals surface area contributed by atoms with Crippen molar-refractivity contribution in [2.45, 2.75) is 4.90 Å². The molecule has 1 rings (SSSR count). The third kappa shape index (κ3) is 1.48. The van der Waals surface area contributed by atoms with Crippen LogP contribution in [0.1, 0.15) is 0 Å². The number of rotatable bonds is 1. The van der Waals surface area contributed by atoms with Gasteiger partial charge in [0.15, 0.2) is 0 Å². The molecule has 10 heavy (non-hydrogen) atoms. The summed E-state index contributed by atoms with van der Waals surface area (Å²) in [7, 11) is 1.77. The molecule has 0 spiro atoms. The van der Waals surface area contributed by atoms with Gasteiger partial charge in [-0.2, -0.15) is 0 Å². The molecule has 0 radical (unpaired) electrons. The first-order chi connectivity index (χ1) is 4.74. The van der Waals surface area contributed by atoms with Crippen molar-refractivity contribution in [2.24, 2.45) is 0 Å². The molecular weight excluding hydrogens is 166 g/mol. The average molecular weight is 173 g/mol. The van der Waals surface area contributed by atoms with Gasteiger partial charge in [-0.3, -0.25) is 0 Å². The van der Waals surface area contributed by atoms with Crippen LogP contribution < -0.4 is 5.32 Å². The van der Waals surface area contributed by atoms with Crippen molar-refractivity contribution in [3.8, 4) is 0 Å². The van der Waals surface area contributed by atoms with Gasteiger partial charge in [0.05, 0.1) is 4.90 Å². The molecule has 1 aromatic rings. The minimum absolute atomic E-state index is 0.600. The number of H-pyrrole nitrogens is 1. The molecular formula is C5H7N3S2. The minimum atomic E-state index is 0.600. The van der Waals surface area contributed by atoms with E-state index in [0.717, 1.165) is 0 Å². The standard InChI is InChI=1S/C5H7N3S2/c1-6-5-7-2-3(9)4(10)8-5/h2,9H,1H3,(H2,6,7,8,10). The Balaban J connectivity index is 3.17. The quantitative estimate of drug-likeness (QED) is 0.445. The van der Waals surface area contributed by atoms with Crippen molar-refractivity contribution in [3.05, 3.63) is 10.8 Å². The first-order valence-electron chi connectivity index (χ1n) is 2.70. The molecule has 1 heterocycles. The van der Waals surface area contributed by atoms with E-state index in [9.17, 15) is 0 Å². The molecule has 2 N–H and O–H groups in total. The van der Waals surface area contributed by atoms with E-state index in [4.69, 9.17) is 12.2 Å². The number of thiol groups is 1. The first-order valence-corrected chi connectivity index (χ1v) is 3.55. The Morgan fingerprint density at radius 1 is 1.80 bits per heavy atom. The van der Waals surface area contributed by atoms with Gasteiger partial charge < -0.3 is 10.3 Å². The van der Waals surface area contributed by atoms with Gasteiger partial charge in [-0.15, -0.1) is 12.6 Å². The van der Waals surface area contributed by atoms with Crippen LogP contribution in [0.4, 0.5) is 5.95 Å². The number of hydrogen-bond donors (Lipinski definition) is 3. The SMILES string of the molecule is CNc1ncc(S)c(=S)[nH]1. The predicted octanol–water partition coefficient (Wildman–Crippen LogP) is 1.47. The highest BCUT2D eigenvalue weighted by Crippen LogP contribution is 2.05. The Labute approximate surface area is 69.3 Å². The van der Waals surface area contributed by atoms with Crippen LogP contribution in [0.3, 0.4) is 0 Å². The van der Waals surface area contributed by atoms with Crippen molar-refractivity contribution in [3.63, 3.8) is 0 Å². The molecule has 0 unspecified atom stereocenters. The normalized spacial score (nSPS) is 9.40. The summed E-state index contributed by atoms with van der Waals surface area (Å²) in [5, 5.41) is 2.83. The maximum atomic E-state index is 4.90. The fourth-order valence-corrected chi connectivity index (χ4v) is 0.778. The van der Waals surface area contributed by atoms with Crippen LogP contribution in [0.5, 0.6) is 0 Å². The summed E-state index contributed by atoms with van der Waals surface area (Å²) in [5.41, 5.74) is 0. The highest BCUT2D eigenvalue weighted by atomic mass is 32.1. The number of anilines is 1. The molecule has 54 valence electrons. The summed E-state index contributed by atoms with van der Waals surface area (Å²) in [5.74, 6) is 0.655. The lowest BCUT2D eigenvalue weighted by Gasteiger charge is -1.97. The predicted molar refractivity (Wildman–Crippen MR) is 46.2 cm³/mol. The molecule has 0 aliphatic heterocycles. The highest BCUT2D eigenvalue weighted by Gasteiger charge is 1.90.